The van der Waals surface area contributed by atoms with Crippen LogP contribution in [0, 0.1) is 16.7 Å². The molecule has 3 nitrogen and oxygen atoms in total. The van der Waals surface area contributed by atoms with Gasteiger partial charge in [-0.05, 0) is 36.5 Å². The lowest BCUT2D eigenvalue weighted by Gasteiger charge is -2.38. The minimum Gasteiger partial charge on any atom is -0.361 e. The van der Waals surface area contributed by atoms with Gasteiger partial charge in [0.25, 0.3) is 0 Å². The molecule has 0 amide bonds. The van der Waals surface area contributed by atoms with Gasteiger partial charge in [0.15, 0.2) is 5.78 Å². The van der Waals surface area contributed by atoms with E-state index < -0.39 is 0 Å². The molecule has 0 saturated carbocycles. The molecule has 1 heterocycles. The molecule has 1 N–H and O–H groups in total. The number of allylic oxidation sites excluding steroid dienone is 4. The summed E-state index contributed by atoms with van der Waals surface area (Å²) in [6.45, 7) is 6.15. The number of hydrogen-bond acceptors (Lipinski definition) is 3. The first-order valence-electron chi connectivity index (χ1n) is 7.72. The highest BCUT2D eigenvalue weighted by atomic mass is 79.9. The predicted molar refractivity (Wildman–Crippen MR) is 93.4 cm³/mol. The van der Waals surface area contributed by atoms with Gasteiger partial charge in [0.05, 0.1) is 17.6 Å². The number of carbonyl (C=O) groups excluding carboxylic acids is 1. The van der Waals surface area contributed by atoms with Crippen LogP contribution in [0.2, 0.25) is 0 Å². The molecule has 1 aromatic carbocycles. The molecule has 1 atom stereocenters. The Balaban J connectivity index is 2.17. The van der Waals surface area contributed by atoms with E-state index in [0.29, 0.717) is 12.0 Å². The first-order chi connectivity index (χ1) is 10.8. The van der Waals surface area contributed by atoms with Crippen LogP contribution in [0.15, 0.2) is 51.3 Å². The van der Waals surface area contributed by atoms with Crippen molar-refractivity contribution in [3.63, 3.8) is 0 Å². The third kappa shape index (κ3) is 2.86. The predicted octanol–water partition coefficient (Wildman–Crippen LogP) is 4.58. The van der Waals surface area contributed by atoms with Crippen LogP contribution in [0.5, 0.6) is 0 Å². The van der Waals surface area contributed by atoms with Crippen molar-refractivity contribution in [2.75, 3.05) is 0 Å². The summed E-state index contributed by atoms with van der Waals surface area (Å²) in [5.74, 6) is -0.107. The smallest absolute Gasteiger partial charge is 0.162 e. The average molecular weight is 371 g/mol. The molecule has 0 saturated heterocycles. The van der Waals surface area contributed by atoms with Crippen LogP contribution in [0.1, 0.15) is 45.1 Å². The first kappa shape index (κ1) is 16.0. The Morgan fingerprint density at radius 3 is 2.52 bits per heavy atom. The summed E-state index contributed by atoms with van der Waals surface area (Å²) in [7, 11) is 0. The van der Waals surface area contributed by atoms with E-state index in [1.807, 2.05) is 31.2 Å². The molecule has 0 fully saturated rings. The van der Waals surface area contributed by atoms with Crippen molar-refractivity contribution in [2.45, 2.75) is 39.5 Å². The fourth-order valence-corrected chi connectivity index (χ4v) is 3.84. The number of nitrogens with zero attached hydrogens (tertiary/aromatic N) is 1. The topological polar surface area (TPSA) is 52.9 Å². The number of hydrogen-bond donors (Lipinski definition) is 1. The van der Waals surface area contributed by atoms with E-state index in [-0.39, 0.29) is 17.1 Å². The van der Waals surface area contributed by atoms with Gasteiger partial charge < -0.3 is 5.32 Å². The number of dihydropyridines is 1. The summed E-state index contributed by atoms with van der Waals surface area (Å²) < 4.78 is 0.986. The number of Topliss-reactive ketones (excluding diaryl/α,β-unsaturated/α-hetero) is 1. The SMILES string of the molecule is CC1=C(C#N)[C@H](c2ccc(Br)cc2)C2=C(CC(C)(C)CC2=O)N1. The molecule has 3 rings (SSSR count). The first-order valence-corrected chi connectivity index (χ1v) is 8.51. The van der Waals surface area contributed by atoms with Crippen LogP contribution in [0.4, 0.5) is 0 Å². The molecule has 1 aliphatic heterocycles. The zero-order chi connectivity index (χ0) is 16.8. The van der Waals surface area contributed by atoms with Gasteiger partial charge in [0.1, 0.15) is 0 Å². The molecule has 2 aliphatic rings. The van der Waals surface area contributed by atoms with Gasteiger partial charge in [-0.2, -0.15) is 5.26 Å². The zero-order valence-corrected chi connectivity index (χ0v) is 15.1. The molecule has 23 heavy (non-hydrogen) atoms. The Kier molecular flexibility index (Phi) is 3.93. The van der Waals surface area contributed by atoms with E-state index in [2.05, 4.69) is 41.2 Å². The van der Waals surface area contributed by atoms with Crippen LogP contribution in [-0.2, 0) is 4.79 Å². The second-order valence-electron chi connectivity index (χ2n) is 7.09. The van der Waals surface area contributed by atoms with E-state index in [9.17, 15) is 10.1 Å². The fourth-order valence-electron chi connectivity index (χ4n) is 3.57. The van der Waals surface area contributed by atoms with Crippen molar-refractivity contribution >= 4 is 21.7 Å². The summed E-state index contributed by atoms with van der Waals surface area (Å²) >= 11 is 3.44. The molecule has 0 bridgehead atoms. The molecular formula is C19H19BrN2O. The number of benzene rings is 1. The maximum atomic E-state index is 12.8. The van der Waals surface area contributed by atoms with Crippen molar-refractivity contribution < 1.29 is 4.79 Å². The van der Waals surface area contributed by atoms with E-state index >= 15 is 0 Å². The number of carbonyl (C=O) groups is 1. The Bertz CT molecular complexity index is 779. The lowest BCUT2D eigenvalue weighted by molar-refractivity contribution is -0.118. The highest BCUT2D eigenvalue weighted by Crippen LogP contribution is 2.46. The second kappa shape index (κ2) is 5.65. The molecule has 1 aromatic rings. The molecule has 4 heteroatoms. The van der Waals surface area contributed by atoms with Crippen LogP contribution in [0.3, 0.4) is 0 Å². The van der Waals surface area contributed by atoms with E-state index in [1.165, 1.54) is 0 Å². The molecule has 0 unspecified atom stereocenters. The zero-order valence-electron chi connectivity index (χ0n) is 13.5. The minimum absolute atomic E-state index is 0.0440. The average Bonchev–Trinajstić information content (AvgIpc) is 2.45. The van der Waals surface area contributed by atoms with Gasteiger partial charge in [-0.1, -0.05) is 41.9 Å². The summed E-state index contributed by atoms with van der Waals surface area (Å²) in [5.41, 5.74) is 4.19. The van der Waals surface area contributed by atoms with Gasteiger partial charge in [-0.15, -0.1) is 0 Å². The van der Waals surface area contributed by atoms with Crippen molar-refractivity contribution in [1.29, 1.82) is 5.26 Å². The van der Waals surface area contributed by atoms with Crippen molar-refractivity contribution in [3.05, 3.63) is 56.8 Å². The van der Waals surface area contributed by atoms with E-state index in [0.717, 1.165) is 33.4 Å². The fraction of sp³-hybridized carbons (Fsp3) is 0.368. The summed E-state index contributed by atoms with van der Waals surface area (Å²) in [5, 5.41) is 13.0. The number of nitrogens with one attached hydrogen (secondary N) is 1. The summed E-state index contributed by atoms with van der Waals surface area (Å²) in [6.07, 6.45) is 1.36. The number of ketones is 1. The normalized spacial score (nSPS) is 23.3. The number of nitriles is 1. The Labute approximate surface area is 145 Å². The Hall–Kier alpha value is -1.86. The van der Waals surface area contributed by atoms with Crippen LogP contribution >= 0.6 is 15.9 Å². The van der Waals surface area contributed by atoms with Gasteiger partial charge >= 0.3 is 0 Å². The molecule has 118 valence electrons. The maximum Gasteiger partial charge on any atom is 0.162 e. The van der Waals surface area contributed by atoms with Crippen LogP contribution < -0.4 is 5.32 Å². The van der Waals surface area contributed by atoms with Gasteiger partial charge in [0, 0.05) is 27.9 Å². The standard InChI is InChI=1S/C19H19BrN2O/c1-11-14(10-21)17(12-4-6-13(20)7-5-12)18-15(22-11)8-19(2,3)9-16(18)23/h4-7,17,22H,8-9H2,1-3H3/t17-/m0/s1. The Morgan fingerprint density at radius 2 is 1.91 bits per heavy atom. The van der Waals surface area contributed by atoms with Crippen LogP contribution in [-0.4, -0.2) is 5.78 Å². The highest BCUT2D eigenvalue weighted by molar-refractivity contribution is 9.10. The molecule has 0 spiro atoms. The largest absolute Gasteiger partial charge is 0.361 e. The van der Waals surface area contributed by atoms with Crippen molar-refractivity contribution in [3.8, 4) is 6.07 Å². The molecule has 0 aromatic heterocycles. The van der Waals surface area contributed by atoms with Crippen molar-refractivity contribution in [1.82, 2.24) is 5.32 Å². The number of halogens is 1. The summed E-state index contributed by atoms with van der Waals surface area (Å²) in [6, 6.07) is 10.2. The van der Waals surface area contributed by atoms with Gasteiger partial charge in [-0.25, -0.2) is 0 Å². The van der Waals surface area contributed by atoms with E-state index in [1.54, 1.807) is 0 Å². The van der Waals surface area contributed by atoms with E-state index in [4.69, 9.17) is 0 Å². The lowest BCUT2D eigenvalue weighted by atomic mass is 9.69. The van der Waals surface area contributed by atoms with Gasteiger partial charge in [-0.3, -0.25) is 4.79 Å². The Morgan fingerprint density at radius 1 is 1.26 bits per heavy atom. The van der Waals surface area contributed by atoms with Crippen molar-refractivity contribution in [2.24, 2.45) is 5.41 Å². The highest BCUT2D eigenvalue weighted by Gasteiger charge is 2.40. The maximum absolute atomic E-state index is 12.8. The molecule has 0 radical (unpaired) electrons. The summed E-state index contributed by atoms with van der Waals surface area (Å²) in [4.78, 5) is 12.8. The quantitative estimate of drug-likeness (QED) is 0.786. The molecule has 1 aliphatic carbocycles. The minimum atomic E-state index is -0.257. The lowest BCUT2D eigenvalue weighted by Crippen LogP contribution is -2.36. The molecular weight excluding hydrogens is 352 g/mol. The van der Waals surface area contributed by atoms with Crippen LogP contribution in [0.25, 0.3) is 0 Å². The monoisotopic (exact) mass is 370 g/mol. The number of rotatable bonds is 1. The third-order valence-corrected chi connectivity index (χ3v) is 5.09. The second-order valence-corrected chi connectivity index (χ2v) is 8.01. The van der Waals surface area contributed by atoms with Gasteiger partial charge in [0.2, 0.25) is 0 Å². The third-order valence-electron chi connectivity index (χ3n) is 4.56.